The first-order valence-electron chi connectivity index (χ1n) is 12.0. The van der Waals surface area contributed by atoms with Crippen molar-refractivity contribution in [2.75, 3.05) is 24.1 Å². The van der Waals surface area contributed by atoms with Crippen LogP contribution in [-0.4, -0.2) is 55.6 Å². The van der Waals surface area contributed by atoms with E-state index in [-0.39, 0.29) is 34.5 Å². The Balaban J connectivity index is 1.79. The van der Waals surface area contributed by atoms with Gasteiger partial charge in [0.15, 0.2) is 0 Å². The topological polar surface area (TPSA) is 87.2 Å². The smallest absolute Gasteiger partial charge is 0.379 e. The third-order valence-corrected chi connectivity index (χ3v) is 8.26. The predicted molar refractivity (Wildman–Crippen MR) is 145 cm³/mol. The molecule has 0 aliphatic heterocycles. The molecular weight excluding hydrogens is 558 g/mol. The zero-order valence-corrected chi connectivity index (χ0v) is 23.2. The van der Waals surface area contributed by atoms with Crippen molar-refractivity contribution in [2.24, 2.45) is 5.92 Å². The first kappa shape index (κ1) is 30.6. The Bertz CT molecular complexity index is 1350. The van der Waals surface area contributed by atoms with Crippen molar-refractivity contribution in [3.63, 3.8) is 0 Å². The largest absolute Gasteiger partial charge is 0.412 e. The number of rotatable bonds is 9. The van der Waals surface area contributed by atoms with Crippen molar-refractivity contribution in [1.29, 1.82) is 0 Å². The summed E-state index contributed by atoms with van der Waals surface area (Å²) in [4.78, 5) is 8.88. The quantitative estimate of drug-likeness (QED) is 0.268. The highest BCUT2D eigenvalue weighted by Crippen LogP contribution is 2.36. The van der Waals surface area contributed by atoms with Crippen LogP contribution in [0.2, 0.25) is 5.02 Å². The van der Waals surface area contributed by atoms with E-state index in [1.165, 1.54) is 18.3 Å². The van der Waals surface area contributed by atoms with E-state index in [0.29, 0.717) is 12.0 Å². The molecule has 1 aliphatic carbocycles. The van der Waals surface area contributed by atoms with E-state index in [2.05, 4.69) is 26.6 Å². The number of allylic oxidation sites excluding steroid dienone is 5. The summed E-state index contributed by atoms with van der Waals surface area (Å²) < 4.78 is 80.9. The lowest BCUT2D eigenvalue weighted by Crippen LogP contribution is -2.47. The summed E-state index contributed by atoms with van der Waals surface area (Å²) in [5.74, 6) is -1.06. The molecule has 0 saturated heterocycles. The molecule has 0 amide bonds. The monoisotopic (exact) mass is 587 g/mol. The van der Waals surface area contributed by atoms with Gasteiger partial charge in [-0.15, -0.1) is 0 Å². The Morgan fingerprint density at radius 3 is 2.59 bits per heavy atom. The maximum absolute atomic E-state index is 15.1. The first-order chi connectivity index (χ1) is 18.2. The van der Waals surface area contributed by atoms with Crippen molar-refractivity contribution in [2.45, 2.75) is 49.3 Å². The molecule has 1 aromatic heterocycles. The molecule has 1 aliphatic rings. The number of hydrogen-bond acceptors (Lipinski definition) is 6. The second kappa shape index (κ2) is 12.5. The molecule has 0 unspecified atom stereocenters. The van der Waals surface area contributed by atoms with Crippen molar-refractivity contribution in [1.82, 2.24) is 14.9 Å². The lowest BCUT2D eigenvalue weighted by molar-refractivity contribution is -0.0913. The van der Waals surface area contributed by atoms with Gasteiger partial charge in [-0.3, -0.25) is 4.72 Å². The fourth-order valence-corrected chi connectivity index (χ4v) is 5.78. The Kier molecular flexibility index (Phi) is 9.78. The number of anilines is 2. The van der Waals surface area contributed by atoms with Crippen LogP contribution in [0.15, 0.2) is 71.6 Å². The van der Waals surface area contributed by atoms with Crippen LogP contribution in [0.1, 0.15) is 26.2 Å². The molecule has 0 bridgehead atoms. The van der Waals surface area contributed by atoms with Crippen LogP contribution in [0, 0.1) is 11.7 Å². The lowest BCUT2D eigenvalue weighted by Gasteiger charge is -2.41. The summed E-state index contributed by atoms with van der Waals surface area (Å²) in [5, 5.41) is 3.26. The first-order valence-corrected chi connectivity index (χ1v) is 13.9. The molecule has 3 rings (SSSR count). The predicted octanol–water partition coefficient (Wildman–Crippen LogP) is 6.20. The zero-order chi connectivity index (χ0) is 29.0. The third kappa shape index (κ3) is 8.02. The number of sulfonamides is 1. The van der Waals surface area contributed by atoms with E-state index in [1.807, 2.05) is 19.0 Å². The van der Waals surface area contributed by atoms with Gasteiger partial charge in [0, 0.05) is 23.9 Å². The van der Waals surface area contributed by atoms with Crippen molar-refractivity contribution < 1.29 is 26.0 Å². The van der Waals surface area contributed by atoms with Gasteiger partial charge in [-0.05, 0) is 64.4 Å². The minimum absolute atomic E-state index is 0.00516. The molecule has 0 radical (unpaired) electrons. The molecule has 39 heavy (non-hydrogen) atoms. The molecule has 212 valence electrons. The molecule has 2 aromatic rings. The van der Waals surface area contributed by atoms with Gasteiger partial charge in [-0.1, -0.05) is 42.0 Å². The van der Waals surface area contributed by atoms with E-state index >= 15 is 4.39 Å². The summed E-state index contributed by atoms with van der Waals surface area (Å²) >= 11 is 6.40. The lowest BCUT2D eigenvalue weighted by atomic mass is 9.78. The van der Waals surface area contributed by atoms with Crippen LogP contribution < -0.4 is 10.0 Å². The molecular formula is C26H30ClF4N5O2S. The van der Waals surface area contributed by atoms with Gasteiger partial charge in [0.2, 0.25) is 0 Å². The average Bonchev–Trinajstić information content (AvgIpc) is 2.85. The van der Waals surface area contributed by atoms with Crippen LogP contribution >= 0.6 is 11.6 Å². The molecule has 1 heterocycles. The van der Waals surface area contributed by atoms with Gasteiger partial charge in [-0.2, -0.15) is 13.2 Å². The molecule has 2 N–H and O–H groups in total. The number of alkyl halides is 3. The van der Waals surface area contributed by atoms with Crippen LogP contribution in [0.25, 0.3) is 0 Å². The van der Waals surface area contributed by atoms with E-state index < -0.39 is 32.5 Å². The van der Waals surface area contributed by atoms with E-state index in [0.717, 1.165) is 44.3 Å². The van der Waals surface area contributed by atoms with Gasteiger partial charge in [0.1, 0.15) is 22.9 Å². The molecule has 13 heteroatoms. The minimum Gasteiger partial charge on any atom is -0.379 e. The number of nitrogens with one attached hydrogen (secondary N) is 2. The Hall–Kier alpha value is -2.96. The maximum Gasteiger partial charge on any atom is 0.412 e. The number of likely N-dealkylation sites (N-methyl/N-ethyl adjacent to an activating group) is 1. The van der Waals surface area contributed by atoms with E-state index in [4.69, 9.17) is 11.6 Å². The SMILES string of the molecule is C=C(/C=C\C=C(/C)C(F)(F)F)[C@@H]1CC[C@H](N(C)C)[C@@H](Nc2cc(F)c(S(=O)(=O)Nc3ccncn3)cc2Cl)C1. The van der Waals surface area contributed by atoms with Gasteiger partial charge in [-0.25, -0.2) is 22.8 Å². The fourth-order valence-electron chi connectivity index (χ4n) is 4.40. The number of nitrogens with zero attached hydrogens (tertiary/aromatic N) is 3. The molecule has 1 fully saturated rings. The summed E-state index contributed by atoms with van der Waals surface area (Å²) in [5.41, 5.74) is 0.189. The maximum atomic E-state index is 15.1. The average molecular weight is 588 g/mol. The minimum atomic E-state index is -4.39. The molecule has 7 nitrogen and oxygen atoms in total. The number of halogens is 5. The molecule has 1 aromatic carbocycles. The third-order valence-electron chi connectivity index (χ3n) is 6.58. The van der Waals surface area contributed by atoms with E-state index in [9.17, 15) is 21.6 Å². The number of benzene rings is 1. The van der Waals surface area contributed by atoms with Gasteiger partial charge < -0.3 is 10.2 Å². The molecule has 1 saturated carbocycles. The van der Waals surface area contributed by atoms with Crippen molar-refractivity contribution >= 4 is 33.1 Å². The molecule has 0 spiro atoms. The normalized spacial score (nSPS) is 20.8. The van der Waals surface area contributed by atoms with Gasteiger partial charge in [0.05, 0.1) is 10.7 Å². The fraction of sp³-hybridized carbons (Fsp3) is 0.385. The molecule has 3 atom stereocenters. The Morgan fingerprint density at radius 2 is 1.97 bits per heavy atom. The number of aromatic nitrogens is 2. The van der Waals surface area contributed by atoms with Crippen LogP contribution in [0.5, 0.6) is 0 Å². The summed E-state index contributed by atoms with van der Waals surface area (Å²) in [6.07, 6.45) is 4.08. The van der Waals surface area contributed by atoms with Crippen LogP contribution in [0.3, 0.4) is 0 Å². The van der Waals surface area contributed by atoms with Crippen molar-refractivity contribution in [3.8, 4) is 0 Å². The van der Waals surface area contributed by atoms with Gasteiger partial charge in [0.25, 0.3) is 10.0 Å². The summed E-state index contributed by atoms with van der Waals surface area (Å²) in [7, 11) is -0.490. The van der Waals surface area contributed by atoms with Crippen LogP contribution in [0.4, 0.5) is 29.1 Å². The zero-order valence-electron chi connectivity index (χ0n) is 21.6. The highest BCUT2D eigenvalue weighted by atomic mass is 35.5. The number of hydrogen-bond donors (Lipinski definition) is 2. The van der Waals surface area contributed by atoms with Crippen molar-refractivity contribution in [3.05, 3.63) is 77.5 Å². The summed E-state index contributed by atoms with van der Waals surface area (Å²) in [6.45, 7) is 5.05. The highest BCUT2D eigenvalue weighted by Gasteiger charge is 2.33. The summed E-state index contributed by atoms with van der Waals surface area (Å²) in [6, 6.07) is 3.20. The highest BCUT2D eigenvalue weighted by molar-refractivity contribution is 7.92. The second-order valence-electron chi connectivity index (χ2n) is 9.54. The Labute approximate surface area is 230 Å². The van der Waals surface area contributed by atoms with E-state index in [1.54, 1.807) is 6.08 Å². The van der Waals surface area contributed by atoms with Gasteiger partial charge >= 0.3 is 6.18 Å². The second-order valence-corrected chi connectivity index (χ2v) is 11.6. The standard InChI is InChI=1S/C26H30ClF4N5O2S/c1-16(6-5-7-17(2)26(29,30)31)18-8-9-23(36(3)4)22(12-18)34-21-14-20(28)24(13-19(21)27)39(37,38)35-25-10-11-32-15-33-25/h5-7,10-11,13-15,18,22-23,34H,1,8-9,12H2,2-4H3,(H,32,33,35)/b6-5-,17-7+/t18-,22+,23+/m1/s1. The van der Waals surface area contributed by atoms with Crippen LogP contribution in [-0.2, 0) is 10.0 Å². The Morgan fingerprint density at radius 1 is 1.26 bits per heavy atom.